The largest absolute Gasteiger partial charge is 0.376 e. The average Bonchev–Trinajstić information content (AvgIpc) is 2.44. The van der Waals surface area contributed by atoms with Crippen molar-refractivity contribution in [2.24, 2.45) is 10.7 Å². The lowest BCUT2D eigenvalue weighted by Gasteiger charge is -2.31. The number of halogens is 1. The molecule has 1 heterocycles. The highest BCUT2D eigenvalue weighted by Gasteiger charge is 2.16. The molecule has 0 aliphatic carbocycles. The monoisotopic (exact) mass is 446 g/mol. The highest BCUT2D eigenvalue weighted by molar-refractivity contribution is 14.0. The molecule has 1 aromatic carbocycles. The zero-order valence-electron chi connectivity index (χ0n) is 15.2. The van der Waals surface area contributed by atoms with Crippen LogP contribution in [0.1, 0.15) is 38.8 Å². The van der Waals surface area contributed by atoms with Crippen LogP contribution in [-0.4, -0.2) is 42.2 Å². The first-order valence-electron chi connectivity index (χ1n) is 8.32. The second-order valence-corrected chi connectivity index (χ2v) is 7.31. The molecule has 1 saturated heterocycles. The molecule has 136 valence electrons. The number of nitrogens with two attached hydrogens (primary N) is 1. The van der Waals surface area contributed by atoms with Gasteiger partial charge in [0.15, 0.2) is 5.96 Å². The van der Waals surface area contributed by atoms with Crippen LogP contribution in [0.25, 0.3) is 0 Å². The second-order valence-electron chi connectivity index (χ2n) is 7.31. The van der Waals surface area contributed by atoms with E-state index in [1.807, 2.05) is 0 Å². The Balaban J connectivity index is 0.00000288. The van der Waals surface area contributed by atoms with E-state index >= 15 is 0 Å². The maximum atomic E-state index is 5.93. The van der Waals surface area contributed by atoms with Crippen molar-refractivity contribution >= 4 is 29.9 Å². The number of ether oxygens (including phenoxy) is 1. The van der Waals surface area contributed by atoms with E-state index in [1.54, 1.807) is 0 Å². The third-order valence-corrected chi connectivity index (χ3v) is 3.66. The molecule has 1 fully saturated rings. The molecular weight excluding hydrogens is 415 g/mol. The fourth-order valence-corrected chi connectivity index (χ4v) is 2.72. The quantitative estimate of drug-likeness (QED) is 0.424. The number of aliphatic imine (C=N–C) groups is 1. The van der Waals surface area contributed by atoms with Gasteiger partial charge in [0.2, 0.25) is 0 Å². The summed E-state index contributed by atoms with van der Waals surface area (Å²) in [5, 5.41) is 3.18. The number of benzene rings is 1. The minimum absolute atomic E-state index is 0. The molecule has 2 rings (SSSR count). The summed E-state index contributed by atoms with van der Waals surface area (Å²) < 4.78 is 5.59. The van der Waals surface area contributed by atoms with Gasteiger partial charge in [0, 0.05) is 25.2 Å². The van der Waals surface area contributed by atoms with Crippen LogP contribution >= 0.6 is 24.0 Å². The van der Waals surface area contributed by atoms with Crippen molar-refractivity contribution in [1.29, 1.82) is 0 Å². The summed E-state index contributed by atoms with van der Waals surface area (Å²) in [7, 11) is 0. The summed E-state index contributed by atoms with van der Waals surface area (Å²) in [5.74, 6) is 0.491. The molecule has 1 aliphatic heterocycles. The van der Waals surface area contributed by atoms with Crippen molar-refractivity contribution in [3.8, 4) is 0 Å². The highest BCUT2D eigenvalue weighted by Crippen LogP contribution is 2.12. The Hall–Kier alpha value is -0.860. The number of hydrogen-bond acceptors (Lipinski definition) is 3. The fourth-order valence-electron chi connectivity index (χ4n) is 2.72. The van der Waals surface area contributed by atoms with E-state index in [4.69, 9.17) is 10.5 Å². The van der Waals surface area contributed by atoms with Crippen LogP contribution in [0.5, 0.6) is 0 Å². The Morgan fingerprint density at radius 3 is 2.75 bits per heavy atom. The zero-order chi connectivity index (χ0) is 16.9. The van der Waals surface area contributed by atoms with Gasteiger partial charge in [-0.1, -0.05) is 24.3 Å². The molecule has 1 atom stereocenters. The van der Waals surface area contributed by atoms with Gasteiger partial charge in [-0.25, -0.2) is 4.99 Å². The normalized spacial score (nSPS) is 19.7. The van der Waals surface area contributed by atoms with Gasteiger partial charge in [0.1, 0.15) is 0 Å². The van der Waals surface area contributed by atoms with E-state index in [2.05, 4.69) is 67.2 Å². The van der Waals surface area contributed by atoms with E-state index < -0.39 is 0 Å². The maximum absolute atomic E-state index is 5.93. The first-order valence-corrected chi connectivity index (χ1v) is 8.32. The molecule has 1 aromatic rings. The van der Waals surface area contributed by atoms with Gasteiger partial charge in [-0.3, -0.25) is 4.90 Å². The zero-order valence-corrected chi connectivity index (χ0v) is 17.5. The lowest BCUT2D eigenvalue weighted by Crippen LogP contribution is -2.44. The average molecular weight is 446 g/mol. The van der Waals surface area contributed by atoms with Gasteiger partial charge in [-0.15, -0.1) is 24.0 Å². The fraction of sp³-hybridized carbons (Fsp3) is 0.611. The van der Waals surface area contributed by atoms with Crippen molar-refractivity contribution in [1.82, 2.24) is 10.2 Å². The van der Waals surface area contributed by atoms with Crippen LogP contribution in [0, 0.1) is 0 Å². The van der Waals surface area contributed by atoms with Crippen molar-refractivity contribution in [2.75, 3.05) is 19.7 Å². The number of rotatable bonds is 4. The Bertz CT molecular complexity index is 542. The number of morpholine rings is 1. The predicted octanol–water partition coefficient (Wildman–Crippen LogP) is 2.73. The van der Waals surface area contributed by atoms with Gasteiger partial charge < -0.3 is 15.8 Å². The SMILES string of the molecule is CC1CN(Cc2cccc(CN=C(N)NC(C)(C)C)c2)CCO1.I. The number of nitrogens with one attached hydrogen (secondary N) is 1. The molecule has 0 aromatic heterocycles. The molecule has 0 spiro atoms. The lowest BCUT2D eigenvalue weighted by molar-refractivity contribution is -0.0212. The Labute approximate surface area is 163 Å². The number of hydrogen-bond donors (Lipinski definition) is 2. The van der Waals surface area contributed by atoms with Gasteiger partial charge in [-0.2, -0.15) is 0 Å². The highest BCUT2D eigenvalue weighted by atomic mass is 127. The molecule has 5 nitrogen and oxygen atoms in total. The summed E-state index contributed by atoms with van der Waals surface area (Å²) in [6, 6.07) is 8.58. The number of guanidine groups is 1. The summed E-state index contributed by atoms with van der Waals surface area (Å²) in [6.07, 6.45) is 0.319. The standard InChI is InChI=1S/C18H30N4O.HI/c1-14-12-22(8-9-23-14)13-16-7-5-6-15(10-16)11-20-17(19)21-18(2,3)4;/h5-7,10,14H,8-9,11-13H2,1-4H3,(H3,19,20,21);1H. The van der Waals surface area contributed by atoms with Gasteiger partial charge in [0.05, 0.1) is 19.3 Å². The molecule has 1 unspecified atom stereocenters. The molecular formula is C18H31IN4O. The molecule has 0 bridgehead atoms. The van der Waals surface area contributed by atoms with Crippen LogP contribution in [0.2, 0.25) is 0 Å². The molecule has 0 saturated carbocycles. The van der Waals surface area contributed by atoms with Crippen LogP contribution in [0.15, 0.2) is 29.3 Å². The topological polar surface area (TPSA) is 62.9 Å². The van der Waals surface area contributed by atoms with Crippen LogP contribution in [0.3, 0.4) is 0 Å². The minimum atomic E-state index is -0.0670. The molecule has 0 amide bonds. The van der Waals surface area contributed by atoms with Crippen molar-refractivity contribution in [3.05, 3.63) is 35.4 Å². The Kier molecular flexibility index (Phi) is 8.45. The van der Waals surface area contributed by atoms with Crippen LogP contribution in [0.4, 0.5) is 0 Å². The summed E-state index contributed by atoms with van der Waals surface area (Å²) in [4.78, 5) is 6.87. The van der Waals surface area contributed by atoms with Crippen molar-refractivity contribution < 1.29 is 4.74 Å². The van der Waals surface area contributed by atoms with Gasteiger partial charge in [0.25, 0.3) is 0 Å². The second kappa shape index (κ2) is 9.58. The summed E-state index contributed by atoms with van der Waals surface area (Å²) in [5.41, 5.74) is 8.36. The Morgan fingerprint density at radius 1 is 1.38 bits per heavy atom. The van der Waals surface area contributed by atoms with E-state index in [-0.39, 0.29) is 29.5 Å². The first kappa shape index (κ1) is 21.2. The van der Waals surface area contributed by atoms with Crippen molar-refractivity contribution in [3.63, 3.8) is 0 Å². The third kappa shape index (κ3) is 7.81. The van der Waals surface area contributed by atoms with Gasteiger partial charge >= 0.3 is 0 Å². The molecule has 3 N–H and O–H groups in total. The third-order valence-electron chi connectivity index (χ3n) is 3.66. The molecule has 24 heavy (non-hydrogen) atoms. The van der Waals surface area contributed by atoms with E-state index in [1.165, 1.54) is 11.1 Å². The van der Waals surface area contributed by atoms with E-state index in [0.717, 1.165) is 26.2 Å². The summed E-state index contributed by atoms with van der Waals surface area (Å²) >= 11 is 0. The van der Waals surface area contributed by atoms with E-state index in [9.17, 15) is 0 Å². The van der Waals surface area contributed by atoms with Crippen molar-refractivity contribution in [2.45, 2.75) is 52.4 Å². The number of nitrogens with zero attached hydrogens (tertiary/aromatic N) is 2. The van der Waals surface area contributed by atoms with E-state index in [0.29, 0.717) is 18.6 Å². The van der Waals surface area contributed by atoms with Crippen LogP contribution in [-0.2, 0) is 17.8 Å². The van der Waals surface area contributed by atoms with Crippen LogP contribution < -0.4 is 11.1 Å². The summed E-state index contributed by atoms with van der Waals surface area (Å²) in [6.45, 7) is 12.7. The smallest absolute Gasteiger partial charge is 0.189 e. The first-order chi connectivity index (χ1) is 10.8. The molecule has 6 heteroatoms. The maximum Gasteiger partial charge on any atom is 0.189 e. The Morgan fingerprint density at radius 2 is 2.08 bits per heavy atom. The minimum Gasteiger partial charge on any atom is -0.376 e. The predicted molar refractivity (Wildman–Crippen MR) is 111 cm³/mol. The molecule has 0 radical (unpaired) electrons. The lowest BCUT2D eigenvalue weighted by atomic mass is 10.1. The van der Waals surface area contributed by atoms with Gasteiger partial charge in [-0.05, 0) is 38.8 Å². The molecule has 1 aliphatic rings.